The van der Waals surface area contributed by atoms with Crippen LogP contribution in [0.15, 0.2) is 65.5 Å². The van der Waals surface area contributed by atoms with E-state index < -0.39 is 0 Å². The second kappa shape index (κ2) is 6.31. The van der Waals surface area contributed by atoms with E-state index in [-0.39, 0.29) is 0 Å². The third-order valence-electron chi connectivity index (χ3n) is 3.32. The minimum atomic E-state index is 0.297. The van der Waals surface area contributed by atoms with Crippen LogP contribution in [0.1, 0.15) is 18.2 Å². The minimum Gasteiger partial charge on any atom is -0.469 e. The summed E-state index contributed by atoms with van der Waals surface area (Å²) in [5.41, 5.74) is 2.28. The summed E-state index contributed by atoms with van der Waals surface area (Å²) in [6, 6.07) is 14.5. The fourth-order valence-electron chi connectivity index (χ4n) is 2.36. The Hall–Kier alpha value is -2.49. The molecule has 0 saturated heterocycles. The predicted molar refractivity (Wildman–Crippen MR) is 83.3 cm³/mol. The molecular weight excluding hydrogens is 262 g/mol. The van der Waals surface area contributed by atoms with Gasteiger partial charge in [-0.3, -0.25) is 4.68 Å². The second-order valence-corrected chi connectivity index (χ2v) is 5.24. The summed E-state index contributed by atoms with van der Waals surface area (Å²) in [6.07, 6.45) is 6.46. The first-order valence-corrected chi connectivity index (χ1v) is 7.15. The highest BCUT2D eigenvalue weighted by Crippen LogP contribution is 2.12. The quantitative estimate of drug-likeness (QED) is 0.751. The Bertz CT molecular complexity index is 658. The first kappa shape index (κ1) is 13.5. The standard InChI is InChI=1S/C17H19N3O/c1-14(10-17-8-5-9-21-17)19-16-11-18-20(13-16)12-15-6-3-2-4-7-15/h2-9,11,13-14,19H,10,12H2,1H3. The van der Waals surface area contributed by atoms with Gasteiger partial charge in [-0.1, -0.05) is 30.3 Å². The van der Waals surface area contributed by atoms with Crippen molar-refractivity contribution in [1.82, 2.24) is 9.78 Å². The maximum Gasteiger partial charge on any atom is 0.105 e. The number of nitrogens with one attached hydrogen (secondary N) is 1. The van der Waals surface area contributed by atoms with Crippen LogP contribution in [0.4, 0.5) is 5.69 Å². The summed E-state index contributed by atoms with van der Waals surface area (Å²) in [4.78, 5) is 0. The fraction of sp³-hybridized carbons (Fsp3) is 0.235. The van der Waals surface area contributed by atoms with Crippen LogP contribution in [0.3, 0.4) is 0 Å². The van der Waals surface area contributed by atoms with E-state index in [0.717, 1.165) is 24.4 Å². The third kappa shape index (κ3) is 3.75. The molecule has 0 aliphatic rings. The molecule has 4 heteroatoms. The van der Waals surface area contributed by atoms with Crippen LogP contribution in [0.25, 0.3) is 0 Å². The van der Waals surface area contributed by atoms with Crippen LogP contribution in [0.2, 0.25) is 0 Å². The van der Waals surface area contributed by atoms with Gasteiger partial charge in [-0.05, 0) is 24.6 Å². The van der Waals surface area contributed by atoms with E-state index in [9.17, 15) is 0 Å². The molecule has 1 N–H and O–H groups in total. The zero-order chi connectivity index (χ0) is 14.5. The van der Waals surface area contributed by atoms with Crippen molar-refractivity contribution in [2.75, 3.05) is 5.32 Å². The second-order valence-electron chi connectivity index (χ2n) is 5.24. The van der Waals surface area contributed by atoms with Gasteiger partial charge in [-0.2, -0.15) is 5.10 Å². The molecule has 0 aliphatic carbocycles. The van der Waals surface area contributed by atoms with Gasteiger partial charge >= 0.3 is 0 Å². The van der Waals surface area contributed by atoms with Crippen molar-refractivity contribution in [3.63, 3.8) is 0 Å². The maximum atomic E-state index is 5.37. The third-order valence-corrected chi connectivity index (χ3v) is 3.32. The number of nitrogens with zero attached hydrogens (tertiary/aromatic N) is 2. The number of benzene rings is 1. The lowest BCUT2D eigenvalue weighted by molar-refractivity contribution is 0.498. The predicted octanol–water partition coefficient (Wildman–Crippen LogP) is 3.57. The van der Waals surface area contributed by atoms with E-state index in [1.807, 2.05) is 47.4 Å². The van der Waals surface area contributed by atoms with Crippen LogP contribution >= 0.6 is 0 Å². The van der Waals surface area contributed by atoms with Crippen molar-refractivity contribution >= 4 is 5.69 Å². The Morgan fingerprint density at radius 1 is 1.19 bits per heavy atom. The normalized spacial score (nSPS) is 12.2. The largest absolute Gasteiger partial charge is 0.469 e. The molecule has 2 heterocycles. The summed E-state index contributed by atoms with van der Waals surface area (Å²) >= 11 is 0. The number of furan rings is 1. The lowest BCUT2D eigenvalue weighted by Crippen LogP contribution is -2.17. The molecule has 4 nitrogen and oxygen atoms in total. The SMILES string of the molecule is CC(Cc1ccco1)Nc1cnn(Cc2ccccc2)c1. The van der Waals surface area contributed by atoms with Crippen molar-refractivity contribution in [3.8, 4) is 0 Å². The molecular formula is C17H19N3O. The van der Waals surface area contributed by atoms with Gasteiger partial charge in [-0.25, -0.2) is 0 Å². The molecule has 0 saturated carbocycles. The zero-order valence-electron chi connectivity index (χ0n) is 12.1. The molecule has 0 aliphatic heterocycles. The minimum absolute atomic E-state index is 0.297. The molecule has 0 spiro atoms. The van der Waals surface area contributed by atoms with E-state index in [1.165, 1.54) is 5.56 Å². The summed E-state index contributed by atoms with van der Waals surface area (Å²) in [7, 11) is 0. The van der Waals surface area contributed by atoms with Crippen molar-refractivity contribution < 1.29 is 4.42 Å². The highest BCUT2D eigenvalue weighted by molar-refractivity contribution is 5.39. The molecule has 21 heavy (non-hydrogen) atoms. The molecule has 3 aromatic rings. The number of rotatable bonds is 6. The van der Waals surface area contributed by atoms with E-state index in [1.54, 1.807) is 6.26 Å². The van der Waals surface area contributed by atoms with Crippen molar-refractivity contribution in [2.45, 2.75) is 25.9 Å². The molecule has 0 amide bonds. The molecule has 1 aromatic carbocycles. The van der Waals surface area contributed by atoms with Gasteiger partial charge in [0, 0.05) is 18.7 Å². The zero-order valence-corrected chi connectivity index (χ0v) is 12.1. The first-order valence-electron chi connectivity index (χ1n) is 7.15. The van der Waals surface area contributed by atoms with Crippen molar-refractivity contribution in [3.05, 3.63) is 72.4 Å². The van der Waals surface area contributed by atoms with Gasteiger partial charge < -0.3 is 9.73 Å². The van der Waals surface area contributed by atoms with Crippen LogP contribution in [0, 0.1) is 0 Å². The molecule has 0 radical (unpaired) electrons. The van der Waals surface area contributed by atoms with Crippen LogP contribution in [0.5, 0.6) is 0 Å². The number of hydrogen-bond acceptors (Lipinski definition) is 3. The Morgan fingerprint density at radius 3 is 2.81 bits per heavy atom. The Balaban J connectivity index is 1.57. The maximum absolute atomic E-state index is 5.37. The van der Waals surface area contributed by atoms with Gasteiger partial charge in [0.2, 0.25) is 0 Å². The molecule has 0 bridgehead atoms. The molecule has 3 rings (SSSR count). The molecule has 108 valence electrons. The monoisotopic (exact) mass is 281 g/mol. The van der Waals surface area contributed by atoms with E-state index in [0.29, 0.717) is 6.04 Å². The van der Waals surface area contributed by atoms with E-state index in [2.05, 4.69) is 29.5 Å². The van der Waals surface area contributed by atoms with Crippen molar-refractivity contribution in [2.24, 2.45) is 0 Å². The Kier molecular flexibility index (Phi) is 4.05. The smallest absolute Gasteiger partial charge is 0.105 e. The fourth-order valence-corrected chi connectivity index (χ4v) is 2.36. The Labute approximate surface area is 124 Å². The van der Waals surface area contributed by atoms with E-state index >= 15 is 0 Å². The topological polar surface area (TPSA) is 43.0 Å². The molecule has 1 atom stereocenters. The molecule has 1 unspecified atom stereocenters. The van der Waals surface area contributed by atoms with E-state index in [4.69, 9.17) is 4.42 Å². The van der Waals surface area contributed by atoms with Gasteiger partial charge in [0.15, 0.2) is 0 Å². The van der Waals surface area contributed by atoms with Crippen molar-refractivity contribution in [1.29, 1.82) is 0 Å². The number of anilines is 1. The lowest BCUT2D eigenvalue weighted by Gasteiger charge is -2.11. The lowest BCUT2D eigenvalue weighted by atomic mass is 10.2. The van der Waals surface area contributed by atoms with Gasteiger partial charge in [-0.15, -0.1) is 0 Å². The summed E-state index contributed by atoms with van der Waals surface area (Å²) in [6.45, 7) is 2.92. The molecule has 0 fully saturated rings. The van der Waals surface area contributed by atoms with Crippen LogP contribution in [-0.4, -0.2) is 15.8 Å². The number of hydrogen-bond donors (Lipinski definition) is 1. The van der Waals surface area contributed by atoms with Gasteiger partial charge in [0.25, 0.3) is 0 Å². The highest BCUT2D eigenvalue weighted by atomic mass is 16.3. The average Bonchev–Trinajstić information content (AvgIpc) is 3.12. The first-order chi connectivity index (χ1) is 10.3. The van der Waals surface area contributed by atoms with Gasteiger partial charge in [0.05, 0.1) is 24.7 Å². The molecule has 2 aromatic heterocycles. The summed E-state index contributed by atoms with van der Waals surface area (Å²) in [5.74, 6) is 0.992. The van der Waals surface area contributed by atoms with Gasteiger partial charge in [0.1, 0.15) is 5.76 Å². The summed E-state index contributed by atoms with van der Waals surface area (Å²) in [5, 5.41) is 7.84. The average molecular weight is 281 g/mol. The Morgan fingerprint density at radius 2 is 2.05 bits per heavy atom. The van der Waals surface area contributed by atoms with Crippen LogP contribution in [-0.2, 0) is 13.0 Å². The van der Waals surface area contributed by atoms with Crippen LogP contribution < -0.4 is 5.32 Å². The summed E-state index contributed by atoms with van der Waals surface area (Å²) < 4.78 is 7.31. The highest BCUT2D eigenvalue weighted by Gasteiger charge is 2.07. The number of aromatic nitrogens is 2.